The smallest absolute Gasteiger partial charge is 0.326 e. The van der Waals surface area contributed by atoms with Gasteiger partial charge in [-0.25, -0.2) is 4.79 Å². The van der Waals surface area contributed by atoms with Crippen molar-refractivity contribution in [3.05, 3.63) is 0 Å². The number of carboxylic acid groups (broad SMARTS) is 2. The topological polar surface area (TPSA) is 164 Å². The Morgan fingerprint density at radius 2 is 1.68 bits per heavy atom. The Bertz CT molecular complexity index is 895. The van der Waals surface area contributed by atoms with Crippen LogP contribution in [0.15, 0.2) is 0 Å². The predicted octanol–water partition coefficient (Wildman–Crippen LogP) is 2.41. The van der Waals surface area contributed by atoms with Crippen molar-refractivity contribution in [1.82, 2.24) is 5.32 Å². The second-order valence-electron chi connectivity index (χ2n) is 13.1. The lowest BCUT2D eigenvalue weighted by Crippen LogP contribution is -2.62. The van der Waals surface area contributed by atoms with Crippen LogP contribution < -0.4 is 5.32 Å². The van der Waals surface area contributed by atoms with E-state index in [0.29, 0.717) is 19.3 Å². The maximum absolute atomic E-state index is 12.4. The highest BCUT2D eigenvalue weighted by Crippen LogP contribution is 2.68. The highest BCUT2D eigenvalue weighted by molar-refractivity contribution is 5.86. The van der Waals surface area contributed by atoms with Crippen LogP contribution in [0.25, 0.3) is 0 Å². The molecule has 0 spiro atoms. The monoisotopic (exact) mass is 523 g/mol. The van der Waals surface area contributed by atoms with Crippen molar-refractivity contribution >= 4 is 17.8 Å². The zero-order valence-corrected chi connectivity index (χ0v) is 22.3. The van der Waals surface area contributed by atoms with Gasteiger partial charge in [-0.15, -0.1) is 0 Å². The number of hydrogen-bond acceptors (Lipinski definition) is 6. The standard InChI is InChI=1S/C28H45NO8/c1-14(4-7-23(33)29-20(26(36)37)13-24(34)35)17-5-6-18-25-19(12-22(32)28(17,18)3)27(2)9-8-16(30)10-15(27)11-21(25)31/h14-22,25,30-32H,4-13H2,1-3H3,(H,29,33)(H,34,35)(H,36,37)/t14-,15+,16-,17-,18+,19+,20-,21-,22+,25+,27+,28-/m1/s1. The molecule has 4 fully saturated rings. The maximum atomic E-state index is 12.4. The van der Waals surface area contributed by atoms with Crippen LogP contribution in [0, 0.1) is 46.3 Å². The van der Waals surface area contributed by atoms with Gasteiger partial charge in [-0.05, 0) is 97.7 Å². The molecule has 6 N–H and O–H groups in total. The second-order valence-corrected chi connectivity index (χ2v) is 13.1. The van der Waals surface area contributed by atoms with Gasteiger partial charge in [-0.3, -0.25) is 9.59 Å². The summed E-state index contributed by atoms with van der Waals surface area (Å²) in [5.74, 6) is -2.06. The minimum absolute atomic E-state index is 0.0177. The molecule has 12 atom stereocenters. The van der Waals surface area contributed by atoms with Crippen LogP contribution in [-0.4, -0.2) is 67.7 Å². The normalized spacial score (nSPS) is 44.6. The van der Waals surface area contributed by atoms with Gasteiger partial charge < -0.3 is 30.8 Å². The van der Waals surface area contributed by atoms with Gasteiger partial charge in [-0.2, -0.15) is 0 Å². The van der Waals surface area contributed by atoms with Gasteiger partial charge in [-0.1, -0.05) is 20.8 Å². The van der Waals surface area contributed by atoms with Crippen molar-refractivity contribution in [2.45, 2.75) is 109 Å². The summed E-state index contributed by atoms with van der Waals surface area (Å²) in [6, 6.07) is -1.45. The predicted molar refractivity (Wildman–Crippen MR) is 134 cm³/mol. The Morgan fingerprint density at radius 3 is 2.32 bits per heavy atom. The van der Waals surface area contributed by atoms with Crippen LogP contribution in [0.1, 0.15) is 85.0 Å². The molecule has 9 heteroatoms. The molecule has 0 unspecified atom stereocenters. The number of carboxylic acids is 2. The van der Waals surface area contributed by atoms with Gasteiger partial charge in [0.2, 0.25) is 5.91 Å². The van der Waals surface area contributed by atoms with E-state index in [1.807, 2.05) is 0 Å². The van der Waals surface area contributed by atoms with Crippen molar-refractivity contribution < 1.29 is 39.9 Å². The van der Waals surface area contributed by atoms with Gasteiger partial charge >= 0.3 is 11.9 Å². The van der Waals surface area contributed by atoms with Gasteiger partial charge in [0.05, 0.1) is 24.7 Å². The first-order valence-corrected chi connectivity index (χ1v) is 14.1. The summed E-state index contributed by atoms with van der Waals surface area (Å²) in [5, 5.41) is 53.7. The number of carbonyl (C=O) groups excluding carboxylic acids is 1. The molecule has 4 aliphatic carbocycles. The molecule has 37 heavy (non-hydrogen) atoms. The lowest BCUT2D eigenvalue weighted by atomic mass is 9.43. The second kappa shape index (κ2) is 10.5. The van der Waals surface area contributed by atoms with E-state index >= 15 is 0 Å². The molecule has 9 nitrogen and oxygen atoms in total. The van der Waals surface area contributed by atoms with Gasteiger partial charge in [0.15, 0.2) is 0 Å². The minimum Gasteiger partial charge on any atom is -0.481 e. The van der Waals surface area contributed by atoms with E-state index in [0.717, 1.165) is 32.1 Å². The van der Waals surface area contributed by atoms with Crippen LogP contribution in [0.2, 0.25) is 0 Å². The Labute approximate surface area is 219 Å². The summed E-state index contributed by atoms with van der Waals surface area (Å²) in [4.78, 5) is 34.6. The van der Waals surface area contributed by atoms with Gasteiger partial charge in [0.25, 0.3) is 0 Å². The fourth-order valence-electron chi connectivity index (χ4n) is 9.33. The van der Waals surface area contributed by atoms with Crippen molar-refractivity contribution in [2.24, 2.45) is 46.3 Å². The SMILES string of the molecule is C[C@H](CCC(=O)N[C@H](CC(=O)O)C(=O)O)[C@H]1CC[C@H]2[C@@H]3[C@H](O)C[C@@H]4C[C@H](O)CC[C@]4(C)[C@H]3C[C@H](O)[C@]12C. The van der Waals surface area contributed by atoms with Crippen molar-refractivity contribution in [1.29, 1.82) is 0 Å². The van der Waals surface area contributed by atoms with Crippen LogP contribution >= 0.6 is 0 Å². The highest BCUT2D eigenvalue weighted by Gasteiger charge is 2.65. The highest BCUT2D eigenvalue weighted by atomic mass is 16.4. The number of aliphatic carboxylic acids is 2. The van der Waals surface area contributed by atoms with Crippen molar-refractivity contribution in [3.8, 4) is 0 Å². The molecule has 4 saturated carbocycles. The third-order valence-electron chi connectivity index (χ3n) is 11.4. The number of aliphatic hydroxyl groups excluding tert-OH is 3. The number of carbonyl (C=O) groups is 3. The van der Waals surface area contributed by atoms with E-state index in [2.05, 4.69) is 26.1 Å². The molecule has 210 valence electrons. The van der Waals surface area contributed by atoms with Crippen molar-refractivity contribution in [2.75, 3.05) is 0 Å². The number of amides is 1. The summed E-state index contributed by atoms with van der Waals surface area (Å²) < 4.78 is 0. The zero-order chi connectivity index (χ0) is 27.3. The average molecular weight is 524 g/mol. The average Bonchev–Trinajstić information content (AvgIpc) is 3.17. The molecular weight excluding hydrogens is 478 g/mol. The molecule has 0 aromatic rings. The summed E-state index contributed by atoms with van der Waals surface area (Å²) in [6.07, 6.45) is 4.31. The third kappa shape index (κ3) is 5.03. The van der Waals surface area contributed by atoms with E-state index < -0.39 is 42.5 Å². The summed E-state index contributed by atoms with van der Waals surface area (Å²) in [5.41, 5.74) is -0.355. The molecule has 4 rings (SSSR count). The zero-order valence-electron chi connectivity index (χ0n) is 22.3. The number of hydrogen-bond donors (Lipinski definition) is 6. The minimum atomic E-state index is -1.45. The summed E-state index contributed by atoms with van der Waals surface area (Å²) in [7, 11) is 0. The van der Waals surface area contributed by atoms with E-state index in [9.17, 15) is 34.8 Å². The molecule has 0 aliphatic heterocycles. The van der Waals surface area contributed by atoms with Gasteiger partial charge in [0, 0.05) is 6.42 Å². The first-order chi connectivity index (χ1) is 17.3. The molecule has 4 aliphatic rings. The Hall–Kier alpha value is -1.71. The van der Waals surface area contributed by atoms with E-state index in [-0.39, 0.29) is 58.9 Å². The summed E-state index contributed by atoms with van der Waals surface area (Å²) >= 11 is 0. The van der Waals surface area contributed by atoms with Gasteiger partial charge in [0.1, 0.15) is 6.04 Å². The third-order valence-corrected chi connectivity index (χ3v) is 11.4. The number of rotatable bonds is 8. The molecule has 1 amide bonds. The van der Waals surface area contributed by atoms with Crippen LogP contribution in [-0.2, 0) is 14.4 Å². The van der Waals surface area contributed by atoms with E-state index in [4.69, 9.17) is 5.11 Å². The lowest BCUT2D eigenvalue weighted by Gasteiger charge is -2.63. The quantitative estimate of drug-likeness (QED) is 0.282. The van der Waals surface area contributed by atoms with E-state index in [1.165, 1.54) is 0 Å². The van der Waals surface area contributed by atoms with Crippen LogP contribution in [0.5, 0.6) is 0 Å². The van der Waals surface area contributed by atoms with Crippen molar-refractivity contribution in [3.63, 3.8) is 0 Å². The molecular formula is C28H45NO8. The van der Waals surface area contributed by atoms with Crippen LogP contribution in [0.4, 0.5) is 0 Å². The van der Waals surface area contributed by atoms with E-state index in [1.54, 1.807) is 0 Å². The van der Waals surface area contributed by atoms with Crippen LogP contribution in [0.3, 0.4) is 0 Å². The largest absolute Gasteiger partial charge is 0.481 e. The molecule has 0 heterocycles. The first kappa shape index (κ1) is 28.3. The Kier molecular flexibility index (Phi) is 8.00. The summed E-state index contributed by atoms with van der Waals surface area (Å²) in [6.45, 7) is 6.55. The Morgan fingerprint density at radius 1 is 0.973 bits per heavy atom. The maximum Gasteiger partial charge on any atom is 0.326 e. The molecule has 0 aromatic heterocycles. The molecule has 0 radical (unpaired) electrons. The molecule has 0 bridgehead atoms. The molecule has 0 aromatic carbocycles. The number of aliphatic hydroxyl groups is 3. The number of fused-ring (bicyclic) bond motifs is 5. The first-order valence-electron chi connectivity index (χ1n) is 14.1. The Balaban J connectivity index is 1.44. The lowest BCUT2D eigenvalue weighted by molar-refractivity contribution is -0.207. The fourth-order valence-corrected chi connectivity index (χ4v) is 9.33. The fraction of sp³-hybridized carbons (Fsp3) is 0.893. The molecule has 0 saturated heterocycles. The number of nitrogens with one attached hydrogen (secondary N) is 1.